The third kappa shape index (κ3) is 6.10. The van der Waals surface area contributed by atoms with Crippen molar-refractivity contribution in [2.45, 2.75) is 50.6 Å². The molecule has 188 valence electrons. The molecule has 9 nitrogen and oxygen atoms in total. The number of nitrogens with zero attached hydrogens (tertiary/aromatic N) is 2. The van der Waals surface area contributed by atoms with E-state index >= 15 is 0 Å². The molecule has 0 radical (unpaired) electrons. The molecular weight excluding hydrogens is 458 g/mol. The first kappa shape index (κ1) is 25.0. The first-order valence-electron chi connectivity index (χ1n) is 12.1. The van der Waals surface area contributed by atoms with Gasteiger partial charge in [0.15, 0.2) is 5.96 Å². The van der Waals surface area contributed by atoms with Crippen LogP contribution in [0, 0.1) is 5.92 Å². The summed E-state index contributed by atoms with van der Waals surface area (Å²) in [4.78, 5) is 41.7. The summed E-state index contributed by atoms with van der Waals surface area (Å²) in [6.07, 6.45) is 6.30. The van der Waals surface area contributed by atoms with E-state index in [1.165, 1.54) is 10.5 Å². The second-order valence-corrected chi connectivity index (χ2v) is 9.35. The SMILES string of the molecule is NC(N)=NC1CCC(Cc2ccn3c(=O)c(C(=O)NC(CC(=O)O)c4ccccc4)ccc3c2)CC1. The summed E-state index contributed by atoms with van der Waals surface area (Å²) in [5.74, 6) is -0.981. The Kier molecular flexibility index (Phi) is 7.68. The van der Waals surface area contributed by atoms with Gasteiger partial charge in [0.25, 0.3) is 11.5 Å². The molecule has 1 saturated carbocycles. The van der Waals surface area contributed by atoms with Crippen LogP contribution in [-0.2, 0) is 11.2 Å². The van der Waals surface area contributed by atoms with Gasteiger partial charge in [-0.25, -0.2) is 0 Å². The molecule has 0 bridgehead atoms. The first-order valence-corrected chi connectivity index (χ1v) is 12.1. The summed E-state index contributed by atoms with van der Waals surface area (Å²) in [5.41, 5.74) is 13.0. The van der Waals surface area contributed by atoms with Gasteiger partial charge in [-0.05, 0) is 73.4 Å². The van der Waals surface area contributed by atoms with Gasteiger partial charge in [-0.1, -0.05) is 30.3 Å². The Balaban J connectivity index is 1.48. The van der Waals surface area contributed by atoms with E-state index in [4.69, 9.17) is 11.5 Å². The fourth-order valence-electron chi connectivity index (χ4n) is 4.92. The van der Waals surface area contributed by atoms with E-state index in [0.29, 0.717) is 17.0 Å². The third-order valence-electron chi connectivity index (χ3n) is 6.72. The van der Waals surface area contributed by atoms with Crippen molar-refractivity contribution in [3.05, 3.63) is 87.8 Å². The van der Waals surface area contributed by atoms with Crippen molar-refractivity contribution in [2.75, 3.05) is 0 Å². The highest BCUT2D eigenvalue weighted by Gasteiger charge is 2.23. The molecule has 9 heteroatoms. The van der Waals surface area contributed by atoms with E-state index in [0.717, 1.165) is 37.7 Å². The lowest BCUT2D eigenvalue weighted by molar-refractivity contribution is -0.137. The Labute approximate surface area is 208 Å². The molecule has 1 unspecified atom stereocenters. The number of aliphatic carboxylic acids is 1. The van der Waals surface area contributed by atoms with Crippen LogP contribution in [0.3, 0.4) is 0 Å². The van der Waals surface area contributed by atoms with Crippen LogP contribution in [0.2, 0.25) is 0 Å². The summed E-state index contributed by atoms with van der Waals surface area (Å²) in [7, 11) is 0. The quantitative estimate of drug-likeness (QED) is 0.282. The number of hydrogen-bond acceptors (Lipinski definition) is 4. The Morgan fingerprint density at radius 1 is 1.06 bits per heavy atom. The summed E-state index contributed by atoms with van der Waals surface area (Å²) < 4.78 is 1.45. The lowest BCUT2D eigenvalue weighted by Crippen LogP contribution is -2.34. The number of carbonyl (C=O) groups excluding carboxylic acids is 1. The van der Waals surface area contributed by atoms with Crippen LogP contribution in [-0.4, -0.2) is 33.4 Å². The number of amides is 1. The van der Waals surface area contributed by atoms with Crippen LogP contribution in [0.5, 0.6) is 0 Å². The van der Waals surface area contributed by atoms with Gasteiger partial charge in [-0.2, -0.15) is 0 Å². The van der Waals surface area contributed by atoms with Crippen LogP contribution in [0.4, 0.5) is 0 Å². The molecule has 4 rings (SSSR count). The maximum Gasteiger partial charge on any atom is 0.305 e. The maximum atomic E-state index is 13.1. The minimum absolute atomic E-state index is 0.0374. The number of carbonyl (C=O) groups is 2. The number of benzene rings is 1. The largest absolute Gasteiger partial charge is 0.481 e. The highest BCUT2D eigenvalue weighted by Crippen LogP contribution is 2.29. The highest BCUT2D eigenvalue weighted by atomic mass is 16.4. The number of guanidine groups is 1. The molecule has 1 aromatic carbocycles. The molecular formula is C27H31N5O4. The molecule has 2 aromatic heterocycles. The molecule has 6 N–H and O–H groups in total. The number of aromatic nitrogens is 1. The third-order valence-corrected chi connectivity index (χ3v) is 6.72. The van der Waals surface area contributed by atoms with Crippen LogP contribution < -0.4 is 22.3 Å². The second kappa shape index (κ2) is 11.1. The van der Waals surface area contributed by atoms with Crippen molar-refractivity contribution in [1.29, 1.82) is 0 Å². The van der Waals surface area contributed by atoms with Gasteiger partial charge in [0.05, 0.1) is 18.5 Å². The monoisotopic (exact) mass is 489 g/mol. The number of nitrogens with two attached hydrogens (primary N) is 2. The molecule has 36 heavy (non-hydrogen) atoms. The zero-order valence-electron chi connectivity index (χ0n) is 20.0. The molecule has 1 amide bonds. The predicted molar refractivity (Wildman–Crippen MR) is 138 cm³/mol. The average molecular weight is 490 g/mol. The van der Waals surface area contributed by atoms with Gasteiger partial charge in [0.1, 0.15) is 5.56 Å². The van der Waals surface area contributed by atoms with Crippen molar-refractivity contribution in [3.8, 4) is 0 Å². The van der Waals surface area contributed by atoms with Crippen molar-refractivity contribution in [1.82, 2.24) is 9.72 Å². The summed E-state index contributed by atoms with van der Waals surface area (Å²) in [5, 5.41) is 12.0. The number of carboxylic acids is 1. The van der Waals surface area contributed by atoms with Crippen LogP contribution >= 0.6 is 0 Å². The fourth-order valence-corrected chi connectivity index (χ4v) is 4.92. The van der Waals surface area contributed by atoms with E-state index in [-0.39, 0.29) is 24.0 Å². The van der Waals surface area contributed by atoms with Crippen molar-refractivity contribution in [3.63, 3.8) is 0 Å². The van der Waals surface area contributed by atoms with Gasteiger partial charge in [-0.15, -0.1) is 0 Å². The zero-order valence-corrected chi connectivity index (χ0v) is 20.0. The number of aliphatic imine (C=N–C) groups is 1. The minimum Gasteiger partial charge on any atom is -0.481 e. The Bertz CT molecular complexity index is 1320. The summed E-state index contributed by atoms with van der Waals surface area (Å²) in [6.45, 7) is 0. The number of nitrogens with one attached hydrogen (secondary N) is 1. The van der Waals surface area contributed by atoms with E-state index in [1.54, 1.807) is 36.5 Å². The average Bonchev–Trinajstić information content (AvgIpc) is 2.85. The van der Waals surface area contributed by atoms with Crippen LogP contribution in [0.25, 0.3) is 5.52 Å². The van der Waals surface area contributed by atoms with E-state index in [9.17, 15) is 19.5 Å². The predicted octanol–water partition coefficient (Wildman–Crippen LogP) is 2.62. The molecule has 1 atom stereocenters. The molecule has 2 heterocycles. The van der Waals surface area contributed by atoms with Crippen molar-refractivity contribution in [2.24, 2.45) is 22.4 Å². The van der Waals surface area contributed by atoms with Gasteiger partial charge in [0.2, 0.25) is 0 Å². The van der Waals surface area contributed by atoms with Gasteiger partial charge in [0, 0.05) is 11.7 Å². The van der Waals surface area contributed by atoms with Crippen molar-refractivity contribution < 1.29 is 14.7 Å². The minimum atomic E-state index is -1.04. The number of rotatable bonds is 8. The van der Waals surface area contributed by atoms with Gasteiger partial charge in [-0.3, -0.25) is 23.8 Å². The Morgan fingerprint density at radius 2 is 1.78 bits per heavy atom. The van der Waals surface area contributed by atoms with Crippen molar-refractivity contribution >= 4 is 23.4 Å². The van der Waals surface area contributed by atoms with Gasteiger partial charge < -0.3 is 21.9 Å². The molecule has 1 aliphatic rings. The number of carboxylic acid groups (broad SMARTS) is 1. The van der Waals surface area contributed by atoms with Crippen LogP contribution in [0.1, 0.15) is 59.6 Å². The molecule has 1 aliphatic carbocycles. The normalized spacial score (nSPS) is 18.3. The lowest BCUT2D eigenvalue weighted by atomic mass is 9.82. The fraction of sp³-hybridized carbons (Fsp3) is 0.333. The number of hydrogen-bond donors (Lipinski definition) is 4. The Hall–Kier alpha value is -4.14. The number of pyridine rings is 2. The topological polar surface area (TPSA) is 152 Å². The molecule has 0 spiro atoms. The second-order valence-electron chi connectivity index (χ2n) is 9.35. The summed E-state index contributed by atoms with van der Waals surface area (Å²) >= 11 is 0. The smallest absolute Gasteiger partial charge is 0.305 e. The molecule has 3 aromatic rings. The standard InChI is InChI=1S/C27H31N5O4/c28-27(29)30-20-8-6-17(7-9-20)14-18-12-13-32-21(15-18)10-11-22(26(32)36)25(35)31-23(16-24(33)34)19-4-2-1-3-5-19/h1-5,10-13,15,17,20,23H,6-9,14,16H2,(H,31,35)(H,33,34)(H4,28,29,30). The first-order chi connectivity index (χ1) is 17.3. The molecule has 0 aliphatic heterocycles. The van der Waals surface area contributed by atoms with Crippen LogP contribution in [0.15, 0.2) is 70.6 Å². The lowest BCUT2D eigenvalue weighted by Gasteiger charge is -2.26. The number of fused-ring (bicyclic) bond motifs is 1. The van der Waals surface area contributed by atoms with Gasteiger partial charge >= 0.3 is 5.97 Å². The summed E-state index contributed by atoms with van der Waals surface area (Å²) in [6, 6.07) is 15.4. The zero-order chi connectivity index (χ0) is 25.7. The van der Waals surface area contributed by atoms with E-state index in [1.807, 2.05) is 18.2 Å². The van der Waals surface area contributed by atoms with E-state index in [2.05, 4.69) is 10.3 Å². The molecule has 1 fully saturated rings. The molecule has 0 saturated heterocycles. The maximum absolute atomic E-state index is 13.1. The van der Waals surface area contributed by atoms with E-state index < -0.39 is 23.5 Å². The highest BCUT2D eigenvalue weighted by molar-refractivity contribution is 5.94. The Morgan fingerprint density at radius 3 is 2.44 bits per heavy atom.